The first-order chi connectivity index (χ1) is 34.6. The van der Waals surface area contributed by atoms with Crippen molar-refractivity contribution in [3.05, 3.63) is 102 Å². The van der Waals surface area contributed by atoms with Gasteiger partial charge >= 0.3 is 12.2 Å². The van der Waals surface area contributed by atoms with E-state index >= 15 is 0 Å². The summed E-state index contributed by atoms with van der Waals surface area (Å²) in [6, 6.07) is 26.4. The summed E-state index contributed by atoms with van der Waals surface area (Å²) < 4.78 is 52.0. The van der Waals surface area contributed by atoms with E-state index in [4.69, 9.17) is 82.7 Å². The third-order valence-electron chi connectivity index (χ3n) is 11.7. The summed E-state index contributed by atoms with van der Waals surface area (Å²) in [6.45, 7) is 8.13. The number of carbonyl (C=O) groups excluding carboxylic acids is 3. The number of alkyl halides is 2. The molecule has 0 bridgehead atoms. The summed E-state index contributed by atoms with van der Waals surface area (Å²) in [5.41, 5.74) is 3.26. The molecule has 4 aromatic rings. The number of methoxy groups -OCH3 is 1. The smallest absolute Gasteiger partial charge is 0.414 e. The zero-order valence-corrected chi connectivity index (χ0v) is 46.7. The minimum Gasteiger partial charge on any atom is -0.497 e. The molecule has 5 aliphatic rings. The Kier molecular flexibility index (Phi) is 20.6. The number of amides is 3. The number of aryl methyl sites for hydroxylation is 1. The summed E-state index contributed by atoms with van der Waals surface area (Å²) in [4.78, 5) is 42.4. The first-order valence-corrected chi connectivity index (χ1v) is 34.0. The third-order valence-corrected chi connectivity index (χ3v) is 43.9. The Bertz CT molecular complexity index is 2470. The molecule has 2 atom stereocenters. The van der Waals surface area contributed by atoms with Crippen LogP contribution in [0.1, 0.15) is 12.5 Å². The molecule has 14 nitrogen and oxygen atoms in total. The maximum Gasteiger partial charge on any atom is 0.414 e. The predicted octanol–water partition coefficient (Wildman–Crippen LogP) is 8.79. The van der Waals surface area contributed by atoms with Crippen molar-refractivity contribution < 1.29 is 46.8 Å². The van der Waals surface area contributed by atoms with E-state index < -0.39 is 33.0 Å². The molecule has 5 heterocycles. The molecule has 3 amide bonds. The van der Waals surface area contributed by atoms with E-state index in [0.29, 0.717) is 93.4 Å². The fourth-order valence-corrected chi connectivity index (χ4v) is 50.4. The van der Waals surface area contributed by atoms with Gasteiger partial charge < -0.3 is 44.1 Å². The van der Waals surface area contributed by atoms with Gasteiger partial charge in [0.25, 0.3) is 0 Å². The van der Waals surface area contributed by atoms with Crippen LogP contribution < -0.4 is 45.6 Å². The minimum atomic E-state index is -1.63. The van der Waals surface area contributed by atoms with Gasteiger partial charge in [-0.15, -0.1) is 23.2 Å². The number of morpholine rings is 2. The van der Waals surface area contributed by atoms with Crippen molar-refractivity contribution in [1.82, 2.24) is 10.6 Å². The Morgan fingerprint density at radius 2 is 1.15 bits per heavy atom. The monoisotopic (exact) mass is 1160 g/mol. The maximum absolute atomic E-state index is 14.5. The summed E-state index contributed by atoms with van der Waals surface area (Å²) in [5, 5.41) is 8.03. The first kappa shape index (κ1) is 56.3. The number of halogens is 4. The number of nitrogens with one attached hydrogen (secondary N) is 2. The number of thiocarbonyl (C=S) groups is 1. The van der Waals surface area contributed by atoms with Crippen molar-refractivity contribution in [2.75, 3.05) is 117 Å². The van der Waals surface area contributed by atoms with Gasteiger partial charge in [-0.2, -0.15) is 0 Å². The molecule has 0 saturated carbocycles. The molecule has 5 aliphatic heterocycles. The van der Waals surface area contributed by atoms with Gasteiger partial charge in [0.15, 0.2) is 0 Å². The van der Waals surface area contributed by atoms with Gasteiger partial charge in [0, 0.05) is 36.8 Å². The lowest BCUT2D eigenvalue weighted by atomic mass is 10.2. The molecule has 25 heteroatoms. The van der Waals surface area contributed by atoms with Gasteiger partial charge in [0.05, 0.1) is 102 Å². The van der Waals surface area contributed by atoms with Crippen molar-refractivity contribution >= 4 is 146 Å². The van der Waals surface area contributed by atoms with Crippen LogP contribution in [0.3, 0.4) is 0 Å². The summed E-state index contributed by atoms with van der Waals surface area (Å²) >= 11 is 31.6. The van der Waals surface area contributed by atoms with Crippen molar-refractivity contribution in [3.63, 3.8) is 0 Å². The highest BCUT2D eigenvalue weighted by atomic mass is 35.5. The number of hydrogen-bond donors (Lipinski definition) is 2. The van der Waals surface area contributed by atoms with Crippen LogP contribution in [0.5, 0.6) is 5.75 Å². The van der Waals surface area contributed by atoms with E-state index in [0.717, 1.165) is 12.2 Å². The molecule has 2 N–H and O–H groups in total. The fourth-order valence-electron chi connectivity index (χ4n) is 7.83. The molecular weight excluding hydrogens is 1110 g/mol. The molecule has 388 valence electrons. The summed E-state index contributed by atoms with van der Waals surface area (Å²) in [7, 11) is 1.68. The number of nitrogens with zero attached hydrogens (tertiary/aromatic N) is 4. The average molecular weight is 1160 g/mol. The van der Waals surface area contributed by atoms with Crippen LogP contribution >= 0.6 is 66.3 Å². The zero-order chi connectivity index (χ0) is 51.4. The van der Waals surface area contributed by atoms with E-state index in [2.05, 4.69) is 54.0 Å². The number of cyclic esters (lactones) is 2. The Balaban J connectivity index is 0.000000159. The number of rotatable bonds is 14. The number of benzene rings is 4. The van der Waals surface area contributed by atoms with E-state index in [-0.39, 0.29) is 42.7 Å². The van der Waals surface area contributed by atoms with Gasteiger partial charge in [-0.3, -0.25) is 14.6 Å². The highest BCUT2D eigenvalue weighted by Crippen LogP contribution is 3.04. The standard InChI is InChI=1S/C16H19ClFN3O4.C16H19ClFN3O3S.C15H16OP2S4/c17-8-15(22)19-9-12-10-21(16(23)25-12)11-1-2-14(13(18)7-11)20-3-5-24-6-4-20;17-8-15(25)19-9-12-10-21(16(22)24-12)11-1-2-14(13(18)7-11)20-3-5-23-6-4-20;1-3-12-4-8-14(9-5-12)17(19)21-18(20,22-17)15-10-6-13(16-2)7-11-15/h1-2,7,12H,3-6,8-10H2,(H,19,22);1-2,7,12H,3-6,8-10H2,(H,19,25);4-11H,3H2,1-2H3/t2*12-;/m00./s1. The lowest BCUT2D eigenvalue weighted by Gasteiger charge is -2.40. The SMILES string of the molecule is CCc1ccc(P2(=S)SP(=S)(c3ccc(OC)cc3)S2)cc1.O=C(CCl)NC[C@H]1CN(c2ccc(N3CCOCC3)c(F)c2)C(=O)O1.O=C1O[C@@H](CNC(=S)CCl)CN1c1ccc(N2CCOCC2)c(F)c1. The number of carbonyl (C=O) groups is 3. The molecule has 0 aromatic heterocycles. The Morgan fingerprint density at radius 1 is 0.708 bits per heavy atom. The molecule has 4 aromatic carbocycles. The largest absolute Gasteiger partial charge is 0.497 e. The highest BCUT2D eigenvalue weighted by molar-refractivity contribution is 9.48. The molecule has 0 spiro atoms. The number of ether oxygens (including phenoxy) is 5. The second-order valence-electron chi connectivity index (χ2n) is 16.5. The van der Waals surface area contributed by atoms with Crippen LogP contribution in [0, 0.1) is 11.6 Å². The molecule has 0 radical (unpaired) electrons. The van der Waals surface area contributed by atoms with Crippen molar-refractivity contribution in [1.29, 1.82) is 0 Å². The van der Waals surface area contributed by atoms with Gasteiger partial charge in [-0.05, 0) is 72.6 Å². The van der Waals surface area contributed by atoms with Gasteiger partial charge in [-0.25, -0.2) is 18.4 Å². The van der Waals surface area contributed by atoms with E-state index in [1.807, 2.05) is 43.9 Å². The van der Waals surface area contributed by atoms with Crippen molar-refractivity contribution in [2.45, 2.75) is 25.6 Å². The zero-order valence-electron chi connectivity index (χ0n) is 39.3. The van der Waals surface area contributed by atoms with Gasteiger partial charge in [0.1, 0.15) is 35.5 Å². The van der Waals surface area contributed by atoms with Crippen LogP contribution in [0.2, 0.25) is 0 Å². The van der Waals surface area contributed by atoms with Crippen LogP contribution in [0.4, 0.5) is 41.1 Å². The Hall–Kier alpha value is -3.46. The van der Waals surface area contributed by atoms with Crippen LogP contribution in [-0.4, -0.2) is 133 Å². The number of anilines is 4. The normalized spacial score (nSPS) is 22.6. The van der Waals surface area contributed by atoms with Crippen molar-refractivity contribution in [2.24, 2.45) is 0 Å². The van der Waals surface area contributed by atoms with Gasteiger partial charge in [0.2, 0.25) is 5.91 Å². The van der Waals surface area contributed by atoms with E-state index in [9.17, 15) is 23.2 Å². The summed E-state index contributed by atoms with van der Waals surface area (Å²) in [6.07, 6.45) is -0.865. The molecule has 5 fully saturated rings. The second-order valence-corrected chi connectivity index (χ2v) is 38.8. The lowest BCUT2D eigenvalue weighted by Crippen LogP contribution is -2.37. The van der Waals surface area contributed by atoms with Crippen molar-refractivity contribution in [3.8, 4) is 5.75 Å². The second kappa shape index (κ2) is 26.3. The van der Waals surface area contributed by atoms with E-state index in [1.165, 1.54) is 38.1 Å². The minimum absolute atomic E-state index is 0.154. The molecule has 72 heavy (non-hydrogen) atoms. The van der Waals surface area contributed by atoms with Gasteiger partial charge in [-0.1, -0.05) is 89.0 Å². The third kappa shape index (κ3) is 14.5. The predicted molar refractivity (Wildman–Crippen MR) is 301 cm³/mol. The molecule has 5 saturated heterocycles. The fraction of sp³-hybridized carbons (Fsp3) is 0.404. The molecular formula is C47H54Cl2F2N6O8P2S5. The molecule has 0 unspecified atom stereocenters. The molecule has 9 rings (SSSR count). The molecule has 0 aliphatic carbocycles. The Morgan fingerprint density at radius 3 is 1.56 bits per heavy atom. The Labute approximate surface area is 451 Å². The quantitative estimate of drug-likeness (QED) is 0.0707. The first-order valence-electron chi connectivity index (χ1n) is 22.9. The topological polar surface area (TPSA) is 134 Å². The lowest BCUT2D eigenvalue weighted by molar-refractivity contribution is -0.119. The van der Waals surface area contributed by atoms with Crippen LogP contribution in [0.15, 0.2) is 84.9 Å². The van der Waals surface area contributed by atoms with Crippen LogP contribution in [0.25, 0.3) is 0 Å². The number of hydrogen-bond acceptors (Lipinski definition) is 15. The highest BCUT2D eigenvalue weighted by Gasteiger charge is 2.46. The average Bonchev–Trinajstić information content (AvgIpc) is 3.98. The van der Waals surface area contributed by atoms with Crippen LogP contribution in [-0.2, 0) is 53.8 Å². The maximum atomic E-state index is 14.5. The van der Waals surface area contributed by atoms with E-state index in [1.54, 1.807) is 31.4 Å². The summed E-state index contributed by atoms with van der Waals surface area (Å²) in [5.74, 6) is -0.164.